The molecule has 1 aromatic heterocycles. The molecule has 23 heavy (non-hydrogen) atoms. The molecule has 0 aliphatic heterocycles. The molecule has 128 valence electrons. The molecule has 0 fully saturated rings. The van der Waals surface area contributed by atoms with Gasteiger partial charge in [0.05, 0.1) is 10.7 Å². The highest BCUT2D eigenvalue weighted by molar-refractivity contribution is 7.77. The topological polar surface area (TPSA) is 4.93 Å². The SMILES string of the molecule is CC(C)(C)Cn1c(P(C(C)(C)C)C(C)(C)C)pc2ccccc21. The quantitative estimate of drug-likeness (QED) is 0.516. The van der Waals surface area contributed by atoms with Crippen molar-refractivity contribution in [3.63, 3.8) is 0 Å². The molecule has 1 nitrogen and oxygen atoms in total. The molecule has 0 radical (unpaired) electrons. The Morgan fingerprint density at radius 3 is 1.87 bits per heavy atom. The smallest absolute Gasteiger partial charge is 0.0703 e. The summed E-state index contributed by atoms with van der Waals surface area (Å²) >= 11 is 0. The predicted molar refractivity (Wildman–Crippen MR) is 110 cm³/mol. The average molecular weight is 349 g/mol. The number of benzene rings is 1. The Kier molecular flexibility index (Phi) is 5.08. The summed E-state index contributed by atoms with van der Waals surface area (Å²) in [6.07, 6.45) is 0. The van der Waals surface area contributed by atoms with Gasteiger partial charge in [-0.15, -0.1) is 0 Å². The number of nitrogens with zero attached hydrogens (tertiary/aromatic N) is 1. The van der Waals surface area contributed by atoms with E-state index in [0.29, 0.717) is 10.3 Å². The van der Waals surface area contributed by atoms with E-state index in [4.69, 9.17) is 0 Å². The van der Waals surface area contributed by atoms with Gasteiger partial charge in [-0.2, -0.15) is 0 Å². The lowest BCUT2D eigenvalue weighted by Gasteiger charge is -2.42. The Morgan fingerprint density at radius 2 is 1.39 bits per heavy atom. The third-order valence-corrected chi connectivity index (χ3v) is 9.09. The normalized spacial score (nSPS) is 14.3. The van der Waals surface area contributed by atoms with E-state index in [9.17, 15) is 0 Å². The Morgan fingerprint density at radius 1 is 0.870 bits per heavy atom. The van der Waals surface area contributed by atoms with E-state index in [1.807, 2.05) is 0 Å². The molecule has 0 spiro atoms. The first-order valence-electron chi connectivity index (χ1n) is 8.56. The predicted octanol–water partition coefficient (Wildman–Crippen LogP) is 6.97. The zero-order valence-corrected chi connectivity index (χ0v) is 18.1. The fourth-order valence-electron chi connectivity index (χ4n) is 3.47. The second-order valence-electron chi connectivity index (χ2n) is 9.72. The molecule has 0 atom stereocenters. The molecule has 1 aromatic carbocycles. The lowest BCUT2D eigenvalue weighted by Crippen LogP contribution is -2.34. The number of hydrogen-bond acceptors (Lipinski definition) is 0. The van der Waals surface area contributed by atoms with Crippen molar-refractivity contribution in [1.29, 1.82) is 0 Å². The summed E-state index contributed by atoms with van der Waals surface area (Å²) in [5.41, 5.74) is 1.72. The maximum absolute atomic E-state index is 2.65. The molecule has 0 saturated heterocycles. The van der Waals surface area contributed by atoms with Gasteiger partial charge in [-0.3, -0.25) is 0 Å². The monoisotopic (exact) mass is 349 g/mol. The highest BCUT2D eigenvalue weighted by Crippen LogP contribution is 2.60. The molecule has 1 heterocycles. The Labute approximate surface area is 145 Å². The largest absolute Gasteiger partial charge is 0.336 e. The van der Waals surface area contributed by atoms with Crippen LogP contribution in [0.25, 0.3) is 10.6 Å². The summed E-state index contributed by atoms with van der Waals surface area (Å²) in [4.78, 5) is 0. The molecule has 2 rings (SSSR count). The summed E-state index contributed by atoms with van der Waals surface area (Å²) in [5, 5.41) is 3.76. The van der Waals surface area contributed by atoms with Crippen LogP contribution in [-0.2, 0) is 6.54 Å². The van der Waals surface area contributed by atoms with Gasteiger partial charge in [0, 0.05) is 11.7 Å². The summed E-state index contributed by atoms with van der Waals surface area (Å²) < 4.78 is 2.65. The molecule has 0 amide bonds. The van der Waals surface area contributed by atoms with E-state index in [-0.39, 0.29) is 13.3 Å². The highest BCUT2D eigenvalue weighted by atomic mass is 31.1. The van der Waals surface area contributed by atoms with Crippen LogP contribution in [0.2, 0.25) is 0 Å². The van der Waals surface area contributed by atoms with E-state index in [1.165, 1.54) is 18.8 Å². The van der Waals surface area contributed by atoms with Gasteiger partial charge in [-0.25, -0.2) is 0 Å². The van der Waals surface area contributed by atoms with Crippen LogP contribution in [-0.4, -0.2) is 14.9 Å². The van der Waals surface area contributed by atoms with E-state index in [1.54, 1.807) is 5.17 Å². The van der Waals surface area contributed by atoms with Gasteiger partial charge in [0.25, 0.3) is 0 Å². The second-order valence-corrected chi connectivity index (χ2v) is 15.0. The van der Waals surface area contributed by atoms with Gasteiger partial charge in [0.2, 0.25) is 0 Å². The van der Waals surface area contributed by atoms with Crippen LogP contribution >= 0.6 is 16.1 Å². The summed E-state index contributed by atoms with van der Waals surface area (Å²) in [6.45, 7) is 22.7. The summed E-state index contributed by atoms with van der Waals surface area (Å²) in [7, 11) is 1.17. The van der Waals surface area contributed by atoms with Crippen LogP contribution < -0.4 is 5.17 Å². The third kappa shape index (κ3) is 4.37. The minimum atomic E-state index is -0.252. The number of para-hydroxylation sites is 1. The average Bonchev–Trinajstić information content (AvgIpc) is 2.62. The fraction of sp³-hybridized carbons (Fsp3) is 0.650. The maximum atomic E-state index is 2.65. The standard InChI is InChI=1S/C20H33NP2/c1-18(2,3)14-21-15-12-10-11-13-16(15)22-17(21)23(19(4,5)6)20(7,8)9/h10-13H,14H2,1-9H3. The minimum absolute atomic E-state index is 0.252. The van der Waals surface area contributed by atoms with Gasteiger partial charge >= 0.3 is 0 Å². The molecule has 0 bridgehead atoms. The van der Waals surface area contributed by atoms with Crippen molar-refractivity contribution in [3.8, 4) is 0 Å². The van der Waals surface area contributed by atoms with Crippen molar-refractivity contribution < 1.29 is 0 Å². The van der Waals surface area contributed by atoms with Crippen molar-refractivity contribution in [2.75, 3.05) is 0 Å². The third-order valence-electron chi connectivity index (χ3n) is 3.81. The number of rotatable bonds is 2. The maximum Gasteiger partial charge on any atom is 0.0703 e. The highest BCUT2D eigenvalue weighted by Gasteiger charge is 2.38. The number of fused-ring (bicyclic) bond motifs is 1. The van der Waals surface area contributed by atoms with Crippen LogP contribution in [0.5, 0.6) is 0 Å². The van der Waals surface area contributed by atoms with E-state index in [0.717, 1.165) is 6.54 Å². The molecule has 0 unspecified atom stereocenters. The Balaban J connectivity index is 2.74. The van der Waals surface area contributed by atoms with Gasteiger partial charge in [0.15, 0.2) is 0 Å². The van der Waals surface area contributed by atoms with Crippen LogP contribution in [0.4, 0.5) is 0 Å². The lowest BCUT2D eigenvalue weighted by atomic mass is 9.97. The molecule has 0 aliphatic carbocycles. The molecule has 3 heteroatoms. The summed E-state index contributed by atoms with van der Waals surface area (Å²) in [6, 6.07) is 8.97. The van der Waals surface area contributed by atoms with Crippen LogP contribution in [0.15, 0.2) is 24.3 Å². The summed E-state index contributed by atoms with van der Waals surface area (Å²) in [5.74, 6) is 0. The molecule has 2 aromatic rings. The minimum Gasteiger partial charge on any atom is -0.336 e. The molecular formula is C20H33NP2. The first kappa shape index (κ1) is 19.0. The van der Waals surface area contributed by atoms with E-state index >= 15 is 0 Å². The lowest BCUT2D eigenvalue weighted by molar-refractivity contribution is 0.353. The zero-order chi connectivity index (χ0) is 17.6. The van der Waals surface area contributed by atoms with Crippen LogP contribution in [0.3, 0.4) is 0 Å². The molecule has 0 saturated carbocycles. The zero-order valence-electron chi connectivity index (χ0n) is 16.4. The molecule has 0 aliphatic rings. The number of hydrogen-bond donors (Lipinski definition) is 0. The van der Waals surface area contributed by atoms with Crippen LogP contribution in [0, 0.1) is 5.41 Å². The van der Waals surface area contributed by atoms with Gasteiger partial charge < -0.3 is 4.57 Å². The Bertz CT molecular complexity index is 664. The van der Waals surface area contributed by atoms with Gasteiger partial charge in [-0.1, -0.05) is 74.4 Å². The van der Waals surface area contributed by atoms with Crippen molar-refractivity contribution in [2.45, 2.75) is 79.2 Å². The Hall–Kier alpha value is -0.380. The van der Waals surface area contributed by atoms with Crippen molar-refractivity contribution >= 4 is 31.9 Å². The first-order chi connectivity index (χ1) is 10.3. The fourth-order valence-corrected chi connectivity index (χ4v) is 10.6. The van der Waals surface area contributed by atoms with E-state index in [2.05, 4.69) is 91.1 Å². The molecular weight excluding hydrogens is 316 g/mol. The van der Waals surface area contributed by atoms with Crippen molar-refractivity contribution in [2.24, 2.45) is 5.41 Å². The van der Waals surface area contributed by atoms with Crippen LogP contribution in [0.1, 0.15) is 62.3 Å². The van der Waals surface area contributed by atoms with Gasteiger partial charge in [0.1, 0.15) is 0 Å². The first-order valence-corrected chi connectivity index (χ1v) is 10.8. The van der Waals surface area contributed by atoms with Crippen molar-refractivity contribution in [3.05, 3.63) is 24.3 Å². The number of aromatic nitrogens is 1. The second kappa shape index (κ2) is 6.16. The van der Waals surface area contributed by atoms with E-state index < -0.39 is 0 Å². The van der Waals surface area contributed by atoms with Crippen molar-refractivity contribution in [1.82, 2.24) is 4.57 Å². The van der Waals surface area contributed by atoms with Gasteiger partial charge in [-0.05, 0) is 44.0 Å². The molecule has 0 N–H and O–H groups in total.